The van der Waals surface area contributed by atoms with Crippen LogP contribution in [-0.4, -0.2) is 23.5 Å². The maximum absolute atomic E-state index is 11.5. The zero-order chi connectivity index (χ0) is 11.5. The molecular formula is C11H14N2OS2. The molecule has 1 heterocycles. The van der Waals surface area contributed by atoms with Gasteiger partial charge in [-0.05, 0) is 25.1 Å². The zero-order valence-electron chi connectivity index (χ0n) is 8.99. The number of hydrogen-bond acceptors (Lipinski definition) is 4. The van der Waals surface area contributed by atoms with Crippen molar-refractivity contribution >= 4 is 41.7 Å². The fourth-order valence-corrected chi connectivity index (χ4v) is 2.56. The minimum Gasteiger partial charge on any atom is -0.384 e. The Labute approximate surface area is 105 Å². The van der Waals surface area contributed by atoms with Crippen LogP contribution in [0.5, 0.6) is 0 Å². The summed E-state index contributed by atoms with van der Waals surface area (Å²) < 4.78 is 0. The molecule has 86 valence electrons. The number of carbonyl (C=O) groups is 1. The van der Waals surface area contributed by atoms with Gasteiger partial charge in [0.25, 0.3) is 0 Å². The Morgan fingerprint density at radius 3 is 3.12 bits per heavy atom. The molecule has 0 bridgehead atoms. The molecule has 16 heavy (non-hydrogen) atoms. The predicted octanol–water partition coefficient (Wildman–Crippen LogP) is 2.46. The fraction of sp³-hybridized carbons (Fsp3) is 0.364. The molecule has 2 rings (SSSR count). The van der Waals surface area contributed by atoms with E-state index in [1.807, 2.05) is 25.1 Å². The van der Waals surface area contributed by atoms with Crippen molar-refractivity contribution in [3.05, 3.63) is 18.2 Å². The molecule has 0 radical (unpaired) electrons. The first kappa shape index (κ1) is 11.7. The lowest BCUT2D eigenvalue weighted by atomic mass is 10.2. The van der Waals surface area contributed by atoms with Gasteiger partial charge in [0, 0.05) is 22.9 Å². The third-order valence-electron chi connectivity index (χ3n) is 2.35. The lowest BCUT2D eigenvalue weighted by Gasteiger charge is -2.22. The Bertz CT molecular complexity index is 409. The van der Waals surface area contributed by atoms with Crippen LogP contribution in [0.2, 0.25) is 0 Å². The van der Waals surface area contributed by atoms with Crippen LogP contribution in [0, 0.1) is 0 Å². The normalized spacial score (nSPS) is 18.9. The van der Waals surface area contributed by atoms with E-state index in [0.29, 0.717) is 0 Å². The number of benzene rings is 1. The van der Waals surface area contributed by atoms with E-state index in [-0.39, 0.29) is 11.2 Å². The van der Waals surface area contributed by atoms with E-state index in [4.69, 9.17) is 0 Å². The highest BCUT2D eigenvalue weighted by molar-refractivity contribution is 8.00. The molecule has 1 aliphatic heterocycles. The van der Waals surface area contributed by atoms with Crippen molar-refractivity contribution in [3.63, 3.8) is 0 Å². The largest absolute Gasteiger partial charge is 0.384 e. The van der Waals surface area contributed by atoms with Gasteiger partial charge in [-0.25, -0.2) is 0 Å². The van der Waals surface area contributed by atoms with Crippen LogP contribution in [0.3, 0.4) is 0 Å². The van der Waals surface area contributed by atoms with Gasteiger partial charge in [-0.3, -0.25) is 4.79 Å². The summed E-state index contributed by atoms with van der Waals surface area (Å²) >= 11 is 5.74. The third kappa shape index (κ3) is 2.47. The van der Waals surface area contributed by atoms with Gasteiger partial charge in [0.15, 0.2) is 0 Å². The SMILES string of the molecule is CC1Sc2ccc(NCCS)cc2NC1=O. The average molecular weight is 254 g/mol. The van der Waals surface area contributed by atoms with Crippen LogP contribution in [-0.2, 0) is 4.79 Å². The van der Waals surface area contributed by atoms with Crippen molar-refractivity contribution in [1.29, 1.82) is 0 Å². The first-order chi connectivity index (χ1) is 7.70. The van der Waals surface area contributed by atoms with Gasteiger partial charge in [-0.2, -0.15) is 12.6 Å². The van der Waals surface area contributed by atoms with E-state index in [2.05, 4.69) is 23.3 Å². The van der Waals surface area contributed by atoms with Crippen molar-refractivity contribution in [1.82, 2.24) is 0 Å². The van der Waals surface area contributed by atoms with Gasteiger partial charge in [-0.15, -0.1) is 11.8 Å². The van der Waals surface area contributed by atoms with Crippen LogP contribution in [0.25, 0.3) is 0 Å². The van der Waals surface area contributed by atoms with Crippen LogP contribution < -0.4 is 10.6 Å². The topological polar surface area (TPSA) is 41.1 Å². The second kappa shape index (κ2) is 5.01. The van der Waals surface area contributed by atoms with E-state index >= 15 is 0 Å². The molecule has 2 N–H and O–H groups in total. The molecule has 0 spiro atoms. The van der Waals surface area contributed by atoms with E-state index < -0.39 is 0 Å². The molecule has 1 atom stereocenters. The Morgan fingerprint density at radius 2 is 2.38 bits per heavy atom. The monoisotopic (exact) mass is 254 g/mol. The Balaban J connectivity index is 2.19. The van der Waals surface area contributed by atoms with E-state index in [1.54, 1.807) is 11.8 Å². The molecule has 0 fully saturated rings. The van der Waals surface area contributed by atoms with E-state index in [0.717, 1.165) is 28.6 Å². The predicted molar refractivity (Wildman–Crippen MR) is 72.7 cm³/mol. The fourth-order valence-electron chi connectivity index (χ4n) is 1.52. The number of carbonyl (C=O) groups excluding carboxylic acids is 1. The molecule has 0 saturated carbocycles. The third-order valence-corrected chi connectivity index (χ3v) is 3.75. The van der Waals surface area contributed by atoms with Crippen molar-refractivity contribution in [2.75, 3.05) is 22.9 Å². The highest BCUT2D eigenvalue weighted by Crippen LogP contribution is 2.36. The summed E-state index contributed by atoms with van der Waals surface area (Å²) in [6, 6.07) is 6.03. The summed E-state index contributed by atoms with van der Waals surface area (Å²) in [7, 11) is 0. The zero-order valence-corrected chi connectivity index (χ0v) is 10.7. The Hall–Kier alpha value is -0.810. The van der Waals surface area contributed by atoms with Crippen molar-refractivity contribution in [2.24, 2.45) is 0 Å². The number of hydrogen-bond donors (Lipinski definition) is 3. The summed E-state index contributed by atoms with van der Waals surface area (Å²) in [5.74, 6) is 0.860. The van der Waals surface area contributed by atoms with Crippen molar-refractivity contribution < 1.29 is 4.79 Å². The number of thiol groups is 1. The van der Waals surface area contributed by atoms with Gasteiger partial charge < -0.3 is 10.6 Å². The molecule has 1 amide bonds. The van der Waals surface area contributed by atoms with Crippen molar-refractivity contribution in [3.8, 4) is 0 Å². The summed E-state index contributed by atoms with van der Waals surface area (Å²) in [4.78, 5) is 12.6. The van der Waals surface area contributed by atoms with Crippen LogP contribution in [0.1, 0.15) is 6.92 Å². The average Bonchev–Trinajstić information content (AvgIpc) is 2.28. The molecule has 0 aromatic heterocycles. The minimum atomic E-state index is -0.0104. The van der Waals surface area contributed by atoms with Gasteiger partial charge >= 0.3 is 0 Å². The molecule has 3 nitrogen and oxygen atoms in total. The molecule has 0 saturated heterocycles. The number of nitrogens with one attached hydrogen (secondary N) is 2. The van der Waals surface area contributed by atoms with Crippen LogP contribution in [0.4, 0.5) is 11.4 Å². The number of thioether (sulfide) groups is 1. The second-order valence-electron chi connectivity index (χ2n) is 3.61. The first-order valence-electron chi connectivity index (χ1n) is 5.17. The molecule has 1 unspecified atom stereocenters. The second-order valence-corrected chi connectivity index (χ2v) is 5.44. The number of anilines is 2. The highest BCUT2D eigenvalue weighted by atomic mass is 32.2. The summed E-state index contributed by atoms with van der Waals surface area (Å²) in [5.41, 5.74) is 1.92. The lowest BCUT2D eigenvalue weighted by molar-refractivity contribution is -0.115. The number of fused-ring (bicyclic) bond motifs is 1. The molecule has 0 aliphatic carbocycles. The van der Waals surface area contributed by atoms with E-state index in [1.165, 1.54) is 0 Å². The van der Waals surface area contributed by atoms with Gasteiger partial charge in [0.2, 0.25) is 5.91 Å². The summed E-state index contributed by atoms with van der Waals surface area (Å²) in [5, 5.41) is 6.13. The first-order valence-corrected chi connectivity index (χ1v) is 6.68. The highest BCUT2D eigenvalue weighted by Gasteiger charge is 2.22. The summed E-state index contributed by atoms with van der Waals surface area (Å²) in [6.07, 6.45) is 0. The Morgan fingerprint density at radius 1 is 1.56 bits per heavy atom. The maximum atomic E-state index is 11.5. The molecule has 5 heteroatoms. The molecular weight excluding hydrogens is 240 g/mol. The maximum Gasteiger partial charge on any atom is 0.237 e. The Kier molecular flexibility index (Phi) is 3.66. The van der Waals surface area contributed by atoms with Gasteiger partial charge in [0.05, 0.1) is 10.9 Å². The smallest absolute Gasteiger partial charge is 0.237 e. The van der Waals surface area contributed by atoms with Crippen molar-refractivity contribution in [2.45, 2.75) is 17.1 Å². The summed E-state index contributed by atoms with van der Waals surface area (Å²) in [6.45, 7) is 2.73. The minimum absolute atomic E-state index is 0.0104. The quantitative estimate of drug-likeness (QED) is 0.726. The number of rotatable bonds is 3. The number of amides is 1. The van der Waals surface area contributed by atoms with Gasteiger partial charge in [0.1, 0.15) is 0 Å². The molecule has 1 aromatic carbocycles. The molecule has 1 aromatic rings. The van der Waals surface area contributed by atoms with Crippen LogP contribution >= 0.6 is 24.4 Å². The molecule has 1 aliphatic rings. The van der Waals surface area contributed by atoms with E-state index in [9.17, 15) is 4.79 Å². The van der Waals surface area contributed by atoms with Gasteiger partial charge in [-0.1, -0.05) is 0 Å². The standard InChI is InChI=1S/C11H14N2OS2/c1-7-11(14)13-9-6-8(12-4-5-15)2-3-10(9)16-7/h2-3,6-7,12,15H,4-5H2,1H3,(H,13,14). The lowest BCUT2D eigenvalue weighted by Crippen LogP contribution is -2.26. The van der Waals surface area contributed by atoms with Crippen LogP contribution in [0.15, 0.2) is 23.1 Å².